The Morgan fingerprint density at radius 2 is 0.778 bits per heavy atom. The van der Waals surface area contributed by atoms with E-state index in [9.17, 15) is 24.3 Å². The van der Waals surface area contributed by atoms with E-state index in [1.807, 2.05) is 0 Å². The second-order valence-corrected chi connectivity index (χ2v) is 6.28. The molecule has 0 aromatic rings. The first kappa shape index (κ1) is 22.6. The molecule has 0 spiro atoms. The molecule has 0 radical (unpaired) electrons. The summed E-state index contributed by atoms with van der Waals surface area (Å²) in [5.74, 6) is -3.14. The minimum atomic E-state index is -1.16. The van der Waals surface area contributed by atoms with Crippen molar-refractivity contribution in [1.82, 2.24) is 19.6 Å². The van der Waals surface area contributed by atoms with Gasteiger partial charge in [0, 0.05) is 52.4 Å². The maximum atomic E-state index is 11.4. The summed E-state index contributed by atoms with van der Waals surface area (Å²) in [5.41, 5.74) is 0. The summed E-state index contributed by atoms with van der Waals surface area (Å²) in [5, 5.41) is 36.4. The molecule has 0 atom stereocenters. The first-order valence-electron chi connectivity index (χ1n) is 8.47. The first-order valence-corrected chi connectivity index (χ1v) is 8.47. The molecule has 12 heteroatoms. The zero-order chi connectivity index (χ0) is 20.4. The average molecular weight is 390 g/mol. The Labute approximate surface area is 156 Å². The van der Waals surface area contributed by atoms with Gasteiger partial charge in [0.05, 0.1) is 19.6 Å². The number of carbonyl (C=O) groups is 4. The van der Waals surface area contributed by atoms with Crippen LogP contribution in [0.3, 0.4) is 0 Å². The third-order valence-corrected chi connectivity index (χ3v) is 4.18. The Bertz CT molecular complexity index is 512. The van der Waals surface area contributed by atoms with Crippen LogP contribution in [0.25, 0.3) is 0 Å². The van der Waals surface area contributed by atoms with Crippen LogP contribution in [0, 0.1) is 0 Å². The number of rotatable bonds is 6. The molecule has 1 saturated heterocycles. The van der Waals surface area contributed by atoms with Crippen LogP contribution in [0.2, 0.25) is 0 Å². The van der Waals surface area contributed by atoms with E-state index >= 15 is 0 Å². The van der Waals surface area contributed by atoms with Crippen molar-refractivity contribution in [3.8, 4) is 0 Å². The van der Waals surface area contributed by atoms with Gasteiger partial charge >= 0.3 is 24.0 Å². The summed E-state index contributed by atoms with van der Waals surface area (Å²) in [6.45, 7) is 0.753. The zero-order valence-electron chi connectivity index (χ0n) is 15.0. The molecule has 0 unspecified atom stereocenters. The van der Waals surface area contributed by atoms with Crippen molar-refractivity contribution in [3.63, 3.8) is 0 Å². The lowest BCUT2D eigenvalue weighted by Crippen LogP contribution is -2.49. The van der Waals surface area contributed by atoms with Crippen LogP contribution < -0.4 is 0 Å². The highest BCUT2D eigenvalue weighted by Gasteiger charge is 2.21. The Balaban J connectivity index is 2.90. The van der Waals surface area contributed by atoms with E-state index in [4.69, 9.17) is 15.3 Å². The molecular weight excluding hydrogens is 364 g/mol. The summed E-state index contributed by atoms with van der Waals surface area (Å²) in [4.78, 5) is 50.3. The molecule has 1 aliphatic heterocycles. The molecule has 1 amide bonds. The maximum Gasteiger partial charge on any atom is 0.407 e. The average Bonchev–Trinajstić information content (AvgIpc) is 2.53. The highest BCUT2D eigenvalue weighted by molar-refractivity contribution is 5.70. The zero-order valence-corrected chi connectivity index (χ0v) is 15.0. The van der Waals surface area contributed by atoms with Crippen LogP contribution in [0.5, 0.6) is 0 Å². The molecule has 1 aliphatic rings. The summed E-state index contributed by atoms with van der Waals surface area (Å²) in [7, 11) is 0. The number of hydrogen-bond donors (Lipinski definition) is 4. The predicted octanol–water partition coefficient (Wildman–Crippen LogP) is -1.86. The summed E-state index contributed by atoms with van der Waals surface area (Å²) in [6, 6.07) is 0. The second kappa shape index (κ2) is 11.3. The largest absolute Gasteiger partial charge is 0.480 e. The quantitative estimate of drug-likeness (QED) is 0.402. The summed E-state index contributed by atoms with van der Waals surface area (Å²) in [6.07, 6.45) is -1.16. The lowest BCUT2D eigenvalue weighted by atomic mass is 10.3. The smallest absolute Gasteiger partial charge is 0.407 e. The summed E-state index contributed by atoms with van der Waals surface area (Å²) >= 11 is 0. The van der Waals surface area contributed by atoms with Gasteiger partial charge in [-0.3, -0.25) is 29.1 Å². The van der Waals surface area contributed by atoms with Gasteiger partial charge in [-0.2, -0.15) is 0 Å². The molecule has 1 fully saturated rings. The fourth-order valence-electron chi connectivity index (χ4n) is 2.78. The second-order valence-electron chi connectivity index (χ2n) is 6.28. The first-order chi connectivity index (χ1) is 12.7. The van der Waals surface area contributed by atoms with Crippen molar-refractivity contribution in [3.05, 3.63) is 0 Å². The molecule has 4 N–H and O–H groups in total. The van der Waals surface area contributed by atoms with Crippen molar-refractivity contribution in [2.75, 3.05) is 72.0 Å². The number of nitrogens with zero attached hydrogens (tertiary/aromatic N) is 4. The minimum Gasteiger partial charge on any atom is -0.480 e. The molecule has 12 nitrogen and oxygen atoms in total. The fourth-order valence-corrected chi connectivity index (χ4v) is 2.78. The normalized spacial score (nSPS) is 19.0. The fraction of sp³-hybridized carbons (Fsp3) is 0.733. The van der Waals surface area contributed by atoms with E-state index in [0.717, 1.165) is 4.90 Å². The van der Waals surface area contributed by atoms with Gasteiger partial charge in [0.25, 0.3) is 0 Å². The van der Waals surface area contributed by atoms with Gasteiger partial charge in [-0.1, -0.05) is 0 Å². The Morgan fingerprint density at radius 3 is 1.00 bits per heavy atom. The number of amides is 1. The van der Waals surface area contributed by atoms with Crippen LogP contribution in [0.4, 0.5) is 4.79 Å². The number of carboxylic acid groups (broad SMARTS) is 4. The topological polar surface area (TPSA) is 162 Å². The maximum absolute atomic E-state index is 11.4. The lowest BCUT2D eigenvalue weighted by Gasteiger charge is -2.32. The van der Waals surface area contributed by atoms with Crippen molar-refractivity contribution in [2.24, 2.45) is 0 Å². The van der Waals surface area contributed by atoms with Crippen molar-refractivity contribution in [1.29, 1.82) is 0 Å². The minimum absolute atomic E-state index is 0.0719. The SMILES string of the molecule is O=C(O)CN1CCN(CC(=O)O)CCN(C(=O)O)CCN(CC(=O)O)CC1. The molecular formula is C15H26N4O8. The molecule has 0 aliphatic carbocycles. The molecule has 0 aromatic heterocycles. The van der Waals surface area contributed by atoms with Gasteiger partial charge in [0.1, 0.15) is 0 Å². The van der Waals surface area contributed by atoms with E-state index in [2.05, 4.69) is 0 Å². The lowest BCUT2D eigenvalue weighted by molar-refractivity contribution is -0.140. The van der Waals surface area contributed by atoms with E-state index in [0.29, 0.717) is 0 Å². The molecule has 1 heterocycles. The molecule has 0 bridgehead atoms. The van der Waals surface area contributed by atoms with Gasteiger partial charge < -0.3 is 25.3 Å². The Kier molecular flexibility index (Phi) is 9.47. The monoisotopic (exact) mass is 390 g/mol. The van der Waals surface area contributed by atoms with Gasteiger partial charge in [0.2, 0.25) is 0 Å². The van der Waals surface area contributed by atoms with Crippen molar-refractivity contribution < 1.29 is 39.6 Å². The molecule has 1 rings (SSSR count). The van der Waals surface area contributed by atoms with Crippen LogP contribution in [0.15, 0.2) is 0 Å². The Morgan fingerprint density at radius 1 is 0.519 bits per heavy atom. The third-order valence-electron chi connectivity index (χ3n) is 4.18. The Hall–Kier alpha value is -2.44. The van der Waals surface area contributed by atoms with Gasteiger partial charge in [-0.05, 0) is 0 Å². The van der Waals surface area contributed by atoms with Crippen LogP contribution in [0.1, 0.15) is 0 Å². The molecule has 154 valence electrons. The highest BCUT2D eigenvalue weighted by atomic mass is 16.4. The van der Waals surface area contributed by atoms with E-state index in [1.54, 1.807) is 14.7 Å². The van der Waals surface area contributed by atoms with E-state index in [1.165, 1.54) is 0 Å². The number of carboxylic acids is 3. The standard InChI is InChI=1S/C15H26N4O8/c20-12(21)9-16-1-3-17(10-13(22)23)5-7-19(15(26)27)8-6-18(4-2-16)11-14(24)25/h1-11H2,(H,20,21)(H,22,23)(H,24,25)(H,26,27). The number of aliphatic carboxylic acids is 3. The van der Waals surface area contributed by atoms with Gasteiger partial charge in [-0.15, -0.1) is 0 Å². The van der Waals surface area contributed by atoms with Crippen LogP contribution in [-0.4, -0.2) is 136 Å². The summed E-state index contributed by atoms with van der Waals surface area (Å²) < 4.78 is 0. The van der Waals surface area contributed by atoms with Crippen LogP contribution >= 0.6 is 0 Å². The van der Waals surface area contributed by atoms with Gasteiger partial charge in [0.15, 0.2) is 0 Å². The van der Waals surface area contributed by atoms with Crippen LogP contribution in [-0.2, 0) is 14.4 Å². The van der Waals surface area contributed by atoms with Gasteiger partial charge in [-0.25, -0.2) is 4.79 Å². The third kappa shape index (κ3) is 9.72. The van der Waals surface area contributed by atoms with E-state index in [-0.39, 0.29) is 72.0 Å². The van der Waals surface area contributed by atoms with Crippen molar-refractivity contribution in [2.45, 2.75) is 0 Å². The molecule has 0 aromatic carbocycles. The predicted molar refractivity (Wildman–Crippen MR) is 91.8 cm³/mol. The molecule has 0 saturated carbocycles. The number of hydrogen-bond acceptors (Lipinski definition) is 7. The van der Waals surface area contributed by atoms with E-state index < -0.39 is 24.0 Å². The highest BCUT2D eigenvalue weighted by Crippen LogP contribution is 2.01. The van der Waals surface area contributed by atoms with Crippen molar-refractivity contribution >= 4 is 24.0 Å². The molecule has 27 heavy (non-hydrogen) atoms.